The van der Waals surface area contributed by atoms with Gasteiger partial charge >= 0.3 is 0 Å². The average molecular weight is 560 g/mol. The van der Waals surface area contributed by atoms with Crippen molar-refractivity contribution in [1.29, 1.82) is 0 Å². The Kier molecular flexibility index (Phi) is 4.65. The fourth-order valence-electron chi connectivity index (χ4n) is 8.05. The molecular weight excluding hydrogens is 534 g/mol. The first-order valence-corrected chi connectivity index (χ1v) is 15.1. The summed E-state index contributed by atoms with van der Waals surface area (Å²) in [7, 11) is 0. The summed E-state index contributed by atoms with van der Waals surface area (Å²) < 4.78 is 2.26. The Hall–Kier alpha value is -5.80. The molecule has 0 fully saturated rings. The summed E-state index contributed by atoms with van der Waals surface area (Å²) >= 11 is 0. The van der Waals surface area contributed by atoms with Crippen molar-refractivity contribution >= 4 is 21.9 Å². The third kappa shape index (κ3) is 2.86. The summed E-state index contributed by atoms with van der Waals surface area (Å²) in [6.07, 6.45) is 2.00. The Morgan fingerprint density at radius 3 is 1.77 bits per heavy atom. The molecule has 10 rings (SSSR count). The minimum absolute atomic E-state index is 0.386. The first-order valence-electron chi connectivity index (χ1n) is 15.1. The highest BCUT2D eigenvalue weighted by Crippen LogP contribution is 2.63. The molecule has 0 saturated carbocycles. The van der Waals surface area contributed by atoms with Gasteiger partial charge in [0.05, 0.1) is 22.6 Å². The molecule has 3 nitrogen and oxygen atoms in total. The molecule has 3 heteroatoms. The van der Waals surface area contributed by atoms with Crippen LogP contribution >= 0.6 is 0 Å². The van der Waals surface area contributed by atoms with E-state index >= 15 is 0 Å². The van der Waals surface area contributed by atoms with Crippen LogP contribution in [0.25, 0.3) is 61.3 Å². The van der Waals surface area contributed by atoms with Crippen LogP contribution in [0.4, 0.5) is 0 Å². The molecule has 1 spiro atoms. The van der Waals surface area contributed by atoms with Gasteiger partial charge in [0.2, 0.25) is 0 Å². The fourth-order valence-corrected chi connectivity index (χ4v) is 8.05. The van der Waals surface area contributed by atoms with Crippen molar-refractivity contribution in [1.82, 2.24) is 14.5 Å². The summed E-state index contributed by atoms with van der Waals surface area (Å²) in [4.78, 5) is 10.4. The van der Waals surface area contributed by atoms with Gasteiger partial charge in [-0.1, -0.05) is 127 Å². The fraction of sp³-hybridized carbons (Fsp3) is 0.0244. The second kappa shape index (κ2) is 8.62. The van der Waals surface area contributed by atoms with E-state index in [9.17, 15) is 0 Å². The zero-order valence-corrected chi connectivity index (χ0v) is 23.8. The Bertz CT molecular complexity index is 2410. The van der Waals surface area contributed by atoms with Crippen LogP contribution in [-0.4, -0.2) is 14.5 Å². The Morgan fingerprint density at radius 1 is 0.455 bits per heavy atom. The summed E-state index contributed by atoms with van der Waals surface area (Å²) in [6.45, 7) is 0. The summed E-state index contributed by atoms with van der Waals surface area (Å²) in [6, 6.07) is 52.4. The third-order valence-corrected chi connectivity index (χ3v) is 9.69. The molecule has 204 valence electrons. The van der Waals surface area contributed by atoms with Gasteiger partial charge in [-0.25, -0.2) is 9.97 Å². The van der Waals surface area contributed by atoms with Crippen molar-refractivity contribution in [2.75, 3.05) is 0 Å². The number of aromatic nitrogens is 3. The average Bonchev–Trinajstić information content (AvgIpc) is 3.70. The highest BCUT2D eigenvalue weighted by molar-refractivity contribution is 6.07. The van der Waals surface area contributed by atoms with Gasteiger partial charge < -0.3 is 4.57 Å². The van der Waals surface area contributed by atoms with Gasteiger partial charge in [0.1, 0.15) is 5.52 Å². The van der Waals surface area contributed by atoms with Gasteiger partial charge in [0.15, 0.2) is 5.82 Å². The molecule has 0 bridgehead atoms. The summed E-state index contributed by atoms with van der Waals surface area (Å²) in [5, 5.41) is 1.12. The predicted molar refractivity (Wildman–Crippen MR) is 178 cm³/mol. The lowest BCUT2D eigenvalue weighted by Crippen LogP contribution is -2.25. The van der Waals surface area contributed by atoms with E-state index < -0.39 is 0 Å². The zero-order chi connectivity index (χ0) is 28.8. The first-order chi connectivity index (χ1) is 21.9. The molecule has 0 atom stereocenters. The molecule has 44 heavy (non-hydrogen) atoms. The molecule has 6 aromatic carbocycles. The number of hydrogen-bond donors (Lipinski definition) is 0. The molecule has 0 radical (unpaired) electrons. The van der Waals surface area contributed by atoms with Crippen LogP contribution in [-0.2, 0) is 5.41 Å². The second-order valence-corrected chi connectivity index (χ2v) is 11.7. The van der Waals surface area contributed by atoms with E-state index in [1.54, 1.807) is 0 Å². The van der Waals surface area contributed by atoms with Gasteiger partial charge in [0.25, 0.3) is 0 Å². The van der Waals surface area contributed by atoms with E-state index in [1.165, 1.54) is 44.5 Å². The van der Waals surface area contributed by atoms with Crippen molar-refractivity contribution in [3.63, 3.8) is 0 Å². The lowest BCUT2D eigenvalue weighted by molar-refractivity contribution is 0.794. The Balaban J connectivity index is 1.28. The van der Waals surface area contributed by atoms with Crippen LogP contribution in [0.1, 0.15) is 22.3 Å². The van der Waals surface area contributed by atoms with Crippen LogP contribution in [0.15, 0.2) is 152 Å². The predicted octanol–water partition coefficient (Wildman–Crippen LogP) is 9.58. The van der Waals surface area contributed by atoms with E-state index in [4.69, 9.17) is 9.97 Å². The molecular formula is C41H25N3. The molecule has 0 unspecified atom stereocenters. The monoisotopic (exact) mass is 559 g/mol. The van der Waals surface area contributed by atoms with Gasteiger partial charge in [-0.3, -0.25) is 0 Å². The zero-order valence-electron chi connectivity index (χ0n) is 23.8. The van der Waals surface area contributed by atoms with Crippen molar-refractivity contribution in [3.05, 3.63) is 174 Å². The van der Waals surface area contributed by atoms with Crippen LogP contribution in [0.2, 0.25) is 0 Å². The SMILES string of the molecule is c1ccc(-n2c3ccccc3c3nc(-c4cccc5c4-c4ccccc4C54c5ccccc5-c5ccccc54)ncc32)cc1. The van der Waals surface area contributed by atoms with Crippen molar-refractivity contribution in [3.8, 4) is 39.3 Å². The minimum atomic E-state index is -0.386. The molecule has 0 N–H and O–H groups in total. The van der Waals surface area contributed by atoms with Gasteiger partial charge in [-0.05, 0) is 62.7 Å². The number of rotatable bonds is 2. The quantitative estimate of drug-likeness (QED) is 0.211. The highest BCUT2D eigenvalue weighted by atomic mass is 15.0. The number of fused-ring (bicyclic) bond motifs is 13. The van der Waals surface area contributed by atoms with Crippen molar-refractivity contribution in [2.45, 2.75) is 5.41 Å². The Labute approximate surface area is 254 Å². The highest BCUT2D eigenvalue weighted by Gasteiger charge is 2.52. The van der Waals surface area contributed by atoms with E-state index in [0.717, 1.165) is 39.0 Å². The lowest BCUT2D eigenvalue weighted by atomic mass is 9.70. The minimum Gasteiger partial charge on any atom is -0.306 e. The maximum Gasteiger partial charge on any atom is 0.160 e. The smallest absolute Gasteiger partial charge is 0.160 e. The largest absolute Gasteiger partial charge is 0.306 e. The second-order valence-electron chi connectivity index (χ2n) is 11.7. The summed E-state index contributed by atoms with van der Waals surface area (Å²) in [5.74, 6) is 0.747. The Morgan fingerprint density at radius 2 is 1.02 bits per heavy atom. The molecule has 0 amide bonds. The van der Waals surface area contributed by atoms with Crippen LogP contribution in [0, 0.1) is 0 Å². The standard InChI is InChI=1S/C41H25N3/c1-2-13-26(14-3-1)44-36-24-11-7-18-30(36)39-37(44)25-42-40(43-39)31-19-12-23-35-38(31)29-17-6-10-22-34(29)41(35)32-20-8-4-15-27(32)28-16-5-9-21-33(28)41/h1-25H. The van der Waals surface area contributed by atoms with Gasteiger partial charge in [-0.15, -0.1) is 0 Å². The van der Waals surface area contributed by atoms with E-state index in [2.05, 4.69) is 144 Å². The van der Waals surface area contributed by atoms with Crippen LogP contribution in [0.5, 0.6) is 0 Å². The molecule has 2 aliphatic rings. The number of nitrogens with zero attached hydrogens (tertiary/aromatic N) is 3. The number of benzene rings is 6. The maximum absolute atomic E-state index is 5.34. The molecule has 0 aliphatic heterocycles. The van der Waals surface area contributed by atoms with Crippen LogP contribution in [0.3, 0.4) is 0 Å². The molecule has 2 aromatic heterocycles. The molecule has 2 heterocycles. The first kappa shape index (κ1) is 23.7. The summed E-state index contributed by atoms with van der Waals surface area (Å²) in [5.41, 5.74) is 15.3. The topological polar surface area (TPSA) is 30.7 Å². The van der Waals surface area contributed by atoms with E-state index in [-0.39, 0.29) is 5.41 Å². The van der Waals surface area contributed by atoms with Crippen LogP contribution < -0.4 is 0 Å². The normalized spacial score (nSPS) is 13.6. The maximum atomic E-state index is 5.34. The third-order valence-electron chi connectivity index (χ3n) is 9.69. The van der Waals surface area contributed by atoms with E-state index in [0.29, 0.717) is 0 Å². The molecule has 2 aliphatic carbocycles. The van der Waals surface area contributed by atoms with Crippen molar-refractivity contribution < 1.29 is 0 Å². The lowest BCUT2D eigenvalue weighted by Gasteiger charge is -2.30. The van der Waals surface area contributed by atoms with Gasteiger partial charge in [-0.2, -0.15) is 0 Å². The van der Waals surface area contributed by atoms with E-state index in [1.807, 2.05) is 12.3 Å². The van der Waals surface area contributed by atoms with Crippen molar-refractivity contribution in [2.24, 2.45) is 0 Å². The van der Waals surface area contributed by atoms with Gasteiger partial charge in [0, 0.05) is 16.6 Å². The number of hydrogen-bond acceptors (Lipinski definition) is 2. The number of para-hydroxylation sites is 2. The molecule has 0 saturated heterocycles. The molecule has 8 aromatic rings.